The van der Waals surface area contributed by atoms with Crippen molar-refractivity contribution in [1.82, 2.24) is 5.32 Å². The molecule has 2 aromatic rings. The van der Waals surface area contributed by atoms with E-state index in [-0.39, 0.29) is 17.8 Å². The highest BCUT2D eigenvalue weighted by atomic mass is 19.1. The lowest BCUT2D eigenvalue weighted by Crippen LogP contribution is -2.47. The SMILES string of the molecule is O=C(NC1CCCN(c2cccc(F)c2)C1)c1cccc(F)c1. The maximum atomic E-state index is 13.4. The van der Waals surface area contributed by atoms with E-state index in [2.05, 4.69) is 10.2 Å². The minimum Gasteiger partial charge on any atom is -0.369 e. The van der Waals surface area contributed by atoms with Gasteiger partial charge < -0.3 is 10.2 Å². The molecule has 0 aliphatic carbocycles. The second-order valence-electron chi connectivity index (χ2n) is 5.75. The topological polar surface area (TPSA) is 32.3 Å². The number of hydrogen-bond acceptors (Lipinski definition) is 2. The zero-order valence-electron chi connectivity index (χ0n) is 12.6. The Morgan fingerprint density at radius 3 is 2.57 bits per heavy atom. The third-order valence-electron chi connectivity index (χ3n) is 4.02. The molecule has 3 nitrogen and oxygen atoms in total. The Kier molecular flexibility index (Phi) is 4.55. The average molecular weight is 316 g/mol. The van der Waals surface area contributed by atoms with Crippen LogP contribution in [0.5, 0.6) is 0 Å². The lowest BCUT2D eigenvalue weighted by Gasteiger charge is -2.34. The molecule has 1 amide bonds. The van der Waals surface area contributed by atoms with Crippen LogP contribution in [0, 0.1) is 11.6 Å². The first-order valence-corrected chi connectivity index (χ1v) is 7.69. The van der Waals surface area contributed by atoms with Crippen molar-refractivity contribution in [3.8, 4) is 0 Å². The summed E-state index contributed by atoms with van der Waals surface area (Å²) in [6.45, 7) is 1.44. The minimum absolute atomic E-state index is 0.0391. The van der Waals surface area contributed by atoms with Gasteiger partial charge in [-0.3, -0.25) is 4.79 Å². The number of halogens is 2. The molecule has 0 bridgehead atoms. The summed E-state index contributed by atoms with van der Waals surface area (Å²) >= 11 is 0. The highest BCUT2D eigenvalue weighted by molar-refractivity contribution is 5.94. The van der Waals surface area contributed by atoms with E-state index in [0.29, 0.717) is 12.1 Å². The van der Waals surface area contributed by atoms with E-state index in [4.69, 9.17) is 0 Å². The van der Waals surface area contributed by atoms with Crippen LogP contribution in [0.2, 0.25) is 0 Å². The Balaban J connectivity index is 1.66. The van der Waals surface area contributed by atoms with Gasteiger partial charge in [0.2, 0.25) is 0 Å². The van der Waals surface area contributed by atoms with Gasteiger partial charge in [-0.2, -0.15) is 0 Å². The predicted molar refractivity (Wildman–Crippen MR) is 85.5 cm³/mol. The summed E-state index contributed by atoms with van der Waals surface area (Å²) in [6.07, 6.45) is 1.76. The number of benzene rings is 2. The molecule has 2 aromatic carbocycles. The van der Waals surface area contributed by atoms with Gasteiger partial charge in [0, 0.05) is 30.4 Å². The molecule has 1 aliphatic heterocycles. The van der Waals surface area contributed by atoms with Crippen molar-refractivity contribution in [2.45, 2.75) is 18.9 Å². The van der Waals surface area contributed by atoms with Gasteiger partial charge in [-0.15, -0.1) is 0 Å². The Bertz CT molecular complexity index is 705. The number of amides is 1. The average Bonchev–Trinajstić information content (AvgIpc) is 2.55. The number of anilines is 1. The standard InChI is InChI=1S/C18H18F2N2O/c19-14-5-1-4-13(10-14)18(23)21-16-7-3-9-22(12-16)17-8-2-6-15(20)11-17/h1-2,4-6,8,10-11,16H,3,7,9,12H2,(H,21,23). The minimum atomic E-state index is -0.428. The van der Waals surface area contributed by atoms with Crippen molar-refractivity contribution in [2.24, 2.45) is 0 Å². The van der Waals surface area contributed by atoms with E-state index in [0.717, 1.165) is 25.1 Å². The van der Waals surface area contributed by atoms with Crippen LogP contribution < -0.4 is 10.2 Å². The number of carbonyl (C=O) groups excluding carboxylic acids is 1. The van der Waals surface area contributed by atoms with Crippen LogP contribution in [0.15, 0.2) is 48.5 Å². The van der Waals surface area contributed by atoms with Gasteiger partial charge in [0.1, 0.15) is 11.6 Å². The van der Waals surface area contributed by atoms with Crippen molar-refractivity contribution in [3.05, 3.63) is 65.7 Å². The summed E-state index contributed by atoms with van der Waals surface area (Å²) in [6, 6.07) is 12.1. The van der Waals surface area contributed by atoms with Crippen LogP contribution in [0.4, 0.5) is 14.5 Å². The molecule has 1 atom stereocenters. The summed E-state index contributed by atoms with van der Waals surface area (Å²) in [4.78, 5) is 14.3. The third-order valence-corrected chi connectivity index (χ3v) is 4.02. The third kappa shape index (κ3) is 3.86. The van der Waals surface area contributed by atoms with E-state index >= 15 is 0 Å². The zero-order valence-corrected chi connectivity index (χ0v) is 12.6. The van der Waals surface area contributed by atoms with Crippen LogP contribution in [0.3, 0.4) is 0 Å². The van der Waals surface area contributed by atoms with Crippen LogP contribution in [0.25, 0.3) is 0 Å². The second kappa shape index (κ2) is 6.77. The Labute approximate surface area is 133 Å². The molecule has 0 saturated carbocycles. The summed E-state index contributed by atoms with van der Waals surface area (Å²) in [5.41, 5.74) is 1.13. The lowest BCUT2D eigenvalue weighted by atomic mass is 10.0. The number of nitrogens with zero attached hydrogens (tertiary/aromatic N) is 1. The molecule has 3 rings (SSSR count). The number of hydrogen-bond donors (Lipinski definition) is 1. The highest BCUT2D eigenvalue weighted by Crippen LogP contribution is 2.21. The predicted octanol–water partition coefficient (Wildman–Crippen LogP) is 3.36. The largest absolute Gasteiger partial charge is 0.369 e. The first kappa shape index (κ1) is 15.5. The van der Waals surface area contributed by atoms with Gasteiger partial charge >= 0.3 is 0 Å². The number of piperidine rings is 1. The van der Waals surface area contributed by atoms with Gasteiger partial charge in [0.05, 0.1) is 0 Å². The van der Waals surface area contributed by atoms with Crippen molar-refractivity contribution in [3.63, 3.8) is 0 Å². The zero-order chi connectivity index (χ0) is 16.2. The van der Waals surface area contributed by atoms with Crippen LogP contribution in [-0.2, 0) is 0 Å². The van der Waals surface area contributed by atoms with E-state index in [1.807, 2.05) is 6.07 Å². The molecule has 1 aliphatic rings. The molecule has 1 unspecified atom stereocenters. The monoisotopic (exact) mass is 316 g/mol. The molecule has 1 saturated heterocycles. The van der Waals surface area contributed by atoms with Crippen molar-refractivity contribution in [2.75, 3.05) is 18.0 Å². The van der Waals surface area contributed by atoms with Crippen molar-refractivity contribution < 1.29 is 13.6 Å². The molecule has 5 heteroatoms. The maximum absolute atomic E-state index is 13.4. The maximum Gasteiger partial charge on any atom is 0.251 e. The molecule has 23 heavy (non-hydrogen) atoms. The lowest BCUT2D eigenvalue weighted by molar-refractivity contribution is 0.0932. The van der Waals surface area contributed by atoms with Crippen LogP contribution >= 0.6 is 0 Å². The van der Waals surface area contributed by atoms with Crippen LogP contribution in [-0.4, -0.2) is 25.0 Å². The van der Waals surface area contributed by atoms with Gasteiger partial charge in [0.25, 0.3) is 5.91 Å². The fourth-order valence-corrected chi connectivity index (χ4v) is 2.90. The van der Waals surface area contributed by atoms with E-state index in [1.165, 1.54) is 30.3 Å². The summed E-state index contributed by atoms with van der Waals surface area (Å²) in [7, 11) is 0. The van der Waals surface area contributed by atoms with Gasteiger partial charge in [-0.25, -0.2) is 8.78 Å². The quantitative estimate of drug-likeness (QED) is 0.942. The Morgan fingerprint density at radius 2 is 1.83 bits per heavy atom. The van der Waals surface area contributed by atoms with Gasteiger partial charge in [-0.1, -0.05) is 12.1 Å². The van der Waals surface area contributed by atoms with E-state index in [1.54, 1.807) is 12.1 Å². The summed E-state index contributed by atoms with van der Waals surface area (Å²) in [5, 5.41) is 2.94. The molecule has 1 N–H and O–H groups in total. The highest BCUT2D eigenvalue weighted by Gasteiger charge is 2.22. The molecule has 1 fully saturated rings. The molecular weight excluding hydrogens is 298 g/mol. The van der Waals surface area contributed by atoms with E-state index < -0.39 is 5.82 Å². The molecule has 0 spiro atoms. The van der Waals surface area contributed by atoms with Crippen molar-refractivity contribution >= 4 is 11.6 Å². The fraction of sp³-hybridized carbons (Fsp3) is 0.278. The van der Waals surface area contributed by atoms with Gasteiger partial charge in [-0.05, 0) is 49.2 Å². The summed E-state index contributed by atoms with van der Waals surface area (Å²) < 4.78 is 26.6. The molecular formula is C18H18F2N2O. The second-order valence-corrected chi connectivity index (χ2v) is 5.75. The van der Waals surface area contributed by atoms with Crippen molar-refractivity contribution in [1.29, 1.82) is 0 Å². The van der Waals surface area contributed by atoms with E-state index in [9.17, 15) is 13.6 Å². The summed E-state index contributed by atoms with van der Waals surface area (Å²) in [5.74, 6) is -0.980. The van der Waals surface area contributed by atoms with Gasteiger partial charge in [0.15, 0.2) is 0 Å². The number of carbonyl (C=O) groups is 1. The molecule has 1 heterocycles. The number of nitrogens with one attached hydrogen (secondary N) is 1. The smallest absolute Gasteiger partial charge is 0.251 e. The van der Waals surface area contributed by atoms with Crippen LogP contribution in [0.1, 0.15) is 23.2 Å². The fourth-order valence-electron chi connectivity index (χ4n) is 2.90. The normalized spacial score (nSPS) is 17.8. The molecule has 0 aromatic heterocycles. The number of rotatable bonds is 3. The Morgan fingerprint density at radius 1 is 1.09 bits per heavy atom. The molecule has 0 radical (unpaired) electrons. The first-order valence-electron chi connectivity index (χ1n) is 7.69. The first-order chi connectivity index (χ1) is 11.1. The Hall–Kier alpha value is -2.43. The molecule has 120 valence electrons.